The zero-order valence-corrected chi connectivity index (χ0v) is 19.6. The number of benzene rings is 2. The molecule has 0 bridgehead atoms. The SMILES string of the molecule is COc1nc(Nc2ccc(C(=O)N(C)C)cc2C)nc2[nH]cc(-c3ccc4[nH]c(C)nc4c3)c12. The maximum Gasteiger partial charge on any atom is 0.253 e. The fraction of sp³-hybridized carbons (Fsp3) is 0.200. The number of H-pyrrole nitrogens is 2. The summed E-state index contributed by atoms with van der Waals surface area (Å²) in [6, 6.07) is 11.6. The Morgan fingerprint density at radius 2 is 1.88 bits per heavy atom. The number of imidazole rings is 1. The number of nitrogens with zero attached hydrogens (tertiary/aromatic N) is 4. The Balaban J connectivity index is 1.52. The second-order valence-electron chi connectivity index (χ2n) is 8.39. The summed E-state index contributed by atoms with van der Waals surface area (Å²) >= 11 is 0. The minimum Gasteiger partial charge on any atom is -0.480 e. The molecule has 0 radical (unpaired) electrons. The van der Waals surface area contributed by atoms with Crippen LogP contribution in [-0.4, -0.2) is 56.9 Å². The maximum atomic E-state index is 12.2. The number of amides is 1. The minimum absolute atomic E-state index is 0.0453. The van der Waals surface area contributed by atoms with E-state index in [1.807, 2.05) is 50.4 Å². The summed E-state index contributed by atoms with van der Waals surface area (Å²) in [5, 5.41) is 4.04. The highest BCUT2D eigenvalue weighted by Gasteiger charge is 2.17. The molecule has 9 nitrogen and oxygen atoms in total. The number of anilines is 2. The standard InChI is InChI=1S/C25H25N7O2/c1-13-10-16(24(33)32(3)4)7-8-18(13)29-25-30-22-21(23(31-25)34-5)17(12-26-22)15-6-9-19-20(11-15)28-14(2)27-19/h6-12H,1-5H3,(H,27,28)(H2,26,29,30,31). The summed E-state index contributed by atoms with van der Waals surface area (Å²) in [4.78, 5) is 34.1. The van der Waals surface area contributed by atoms with Gasteiger partial charge in [0.25, 0.3) is 5.91 Å². The van der Waals surface area contributed by atoms with Gasteiger partial charge in [-0.15, -0.1) is 0 Å². The molecular weight excluding hydrogens is 430 g/mol. The van der Waals surface area contributed by atoms with Gasteiger partial charge in [0.05, 0.1) is 23.5 Å². The smallest absolute Gasteiger partial charge is 0.253 e. The lowest BCUT2D eigenvalue weighted by Gasteiger charge is -2.13. The van der Waals surface area contributed by atoms with E-state index in [1.54, 1.807) is 32.2 Å². The number of carbonyl (C=O) groups is 1. The van der Waals surface area contributed by atoms with Gasteiger partial charge in [-0.25, -0.2) is 4.98 Å². The average Bonchev–Trinajstić information content (AvgIpc) is 3.41. The molecule has 0 saturated carbocycles. The van der Waals surface area contributed by atoms with Gasteiger partial charge in [0.15, 0.2) is 0 Å². The first-order valence-corrected chi connectivity index (χ1v) is 10.8. The number of carbonyl (C=O) groups excluding carboxylic acids is 1. The van der Waals surface area contributed by atoms with Crippen molar-refractivity contribution in [3.8, 4) is 17.0 Å². The van der Waals surface area contributed by atoms with Crippen LogP contribution in [-0.2, 0) is 0 Å². The van der Waals surface area contributed by atoms with Crippen molar-refractivity contribution in [3.63, 3.8) is 0 Å². The van der Waals surface area contributed by atoms with E-state index in [4.69, 9.17) is 4.74 Å². The molecule has 3 N–H and O–H groups in total. The molecule has 0 aliphatic rings. The van der Waals surface area contributed by atoms with Crippen molar-refractivity contribution in [1.82, 2.24) is 29.8 Å². The highest BCUT2D eigenvalue weighted by atomic mass is 16.5. The zero-order valence-electron chi connectivity index (χ0n) is 19.6. The first-order valence-electron chi connectivity index (χ1n) is 10.8. The van der Waals surface area contributed by atoms with E-state index in [-0.39, 0.29) is 5.91 Å². The molecular formula is C25H25N7O2. The number of methoxy groups -OCH3 is 1. The van der Waals surface area contributed by atoms with Crippen LogP contribution in [0.3, 0.4) is 0 Å². The van der Waals surface area contributed by atoms with Crippen LogP contribution < -0.4 is 10.1 Å². The van der Waals surface area contributed by atoms with E-state index in [0.717, 1.165) is 44.6 Å². The molecule has 2 aromatic carbocycles. The summed E-state index contributed by atoms with van der Waals surface area (Å²) in [7, 11) is 5.06. The number of fused-ring (bicyclic) bond motifs is 2. The summed E-state index contributed by atoms with van der Waals surface area (Å²) in [5.74, 6) is 1.68. The first-order chi connectivity index (χ1) is 16.3. The van der Waals surface area contributed by atoms with Gasteiger partial charge in [-0.2, -0.15) is 9.97 Å². The summed E-state index contributed by atoms with van der Waals surface area (Å²) in [6.07, 6.45) is 1.90. The third-order valence-electron chi connectivity index (χ3n) is 5.73. The molecule has 0 saturated heterocycles. The molecule has 0 aliphatic carbocycles. The first kappa shape index (κ1) is 21.4. The number of aromatic nitrogens is 5. The second kappa shape index (κ2) is 8.18. The second-order valence-corrected chi connectivity index (χ2v) is 8.39. The third kappa shape index (κ3) is 3.71. The molecule has 0 fully saturated rings. The highest BCUT2D eigenvalue weighted by Crippen LogP contribution is 2.35. The van der Waals surface area contributed by atoms with E-state index >= 15 is 0 Å². The number of ether oxygens (including phenoxy) is 1. The van der Waals surface area contributed by atoms with Crippen molar-refractivity contribution in [2.75, 3.05) is 26.5 Å². The summed E-state index contributed by atoms with van der Waals surface area (Å²) in [5.41, 5.74) is 6.81. The molecule has 0 unspecified atom stereocenters. The van der Waals surface area contributed by atoms with Crippen LogP contribution in [0.25, 0.3) is 33.2 Å². The Bertz CT molecular complexity index is 1550. The molecule has 9 heteroatoms. The fourth-order valence-electron chi connectivity index (χ4n) is 4.05. The minimum atomic E-state index is -0.0453. The molecule has 3 aromatic heterocycles. The summed E-state index contributed by atoms with van der Waals surface area (Å²) in [6.45, 7) is 3.87. The van der Waals surface area contributed by atoms with Gasteiger partial charge in [0.2, 0.25) is 11.8 Å². The number of rotatable bonds is 5. The van der Waals surface area contributed by atoms with Crippen molar-refractivity contribution in [1.29, 1.82) is 0 Å². The van der Waals surface area contributed by atoms with Gasteiger partial charge in [0, 0.05) is 37.1 Å². The quantitative estimate of drug-likeness (QED) is 0.358. The van der Waals surface area contributed by atoms with E-state index < -0.39 is 0 Å². The topological polar surface area (TPSA) is 112 Å². The van der Waals surface area contributed by atoms with Crippen LogP contribution in [0.4, 0.5) is 11.6 Å². The van der Waals surface area contributed by atoms with Crippen molar-refractivity contribution in [3.05, 3.63) is 59.5 Å². The number of aromatic amines is 2. The lowest BCUT2D eigenvalue weighted by atomic mass is 10.1. The van der Waals surface area contributed by atoms with Gasteiger partial charge in [-0.1, -0.05) is 6.07 Å². The number of nitrogens with one attached hydrogen (secondary N) is 3. The molecule has 0 spiro atoms. The number of hydrogen-bond donors (Lipinski definition) is 3. The molecule has 172 valence electrons. The van der Waals surface area contributed by atoms with Gasteiger partial charge < -0.3 is 24.9 Å². The Hall–Kier alpha value is -4.40. The van der Waals surface area contributed by atoms with Gasteiger partial charge in [0.1, 0.15) is 11.5 Å². The number of hydrogen-bond acceptors (Lipinski definition) is 6. The molecule has 34 heavy (non-hydrogen) atoms. The molecule has 5 aromatic rings. The van der Waals surface area contributed by atoms with E-state index in [1.165, 1.54) is 0 Å². The normalized spacial score (nSPS) is 11.2. The molecule has 0 atom stereocenters. The zero-order chi connectivity index (χ0) is 24.0. The van der Waals surface area contributed by atoms with Crippen LogP contribution in [0.1, 0.15) is 21.7 Å². The van der Waals surface area contributed by atoms with Gasteiger partial charge in [-0.3, -0.25) is 4.79 Å². The van der Waals surface area contributed by atoms with Gasteiger partial charge >= 0.3 is 0 Å². The average molecular weight is 456 g/mol. The Labute approximate surface area is 196 Å². The molecule has 3 heterocycles. The van der Waals surface area contributed by atoms with E-state index in [0.29, 0.717) is 23.0 Å². The van der Waals surface area contributed by atoms with Crippen LogP contribution in [0.15, 0.2) is 42.6 Å². The Morgan fingerprint density at radius 3 is 2.62 bits per heavy atom. The lowest BCUT2D eigenvalue weighted by Crippen LogP contribution is -2.21. The van der Waals surface area contributed by atoms with Crippen LogP contribution in [0, 0.1) is 13.8 Å². The van der Waals surface area contributed by atoms with Crippen molar-refractivity contribution < 1.29 is 9.53 Å². The molecule has 1 amide bonds. The lowest BCUT2D eigenvalue weighted by molar-refractivity contribution is 0.0827. The summed E-state index contributed by atoms with van der Waals surface area (Å²) < 4.78 is 5.64. The van der Waals surface area contributed by atoms with Crippen LogP contribution in [0.2, 0.25) is 0 Å². The van der Waals surface area contributed by atoms with Crippen molar-refractivity contribution in [2.24, 2.45) is 0 Å². The monoisotopic (exact) mass is 455 g/mol. The molecule has 5 rings (SSSR count). The third-order valence-corrected chi connectivity index (χ3v) is 5.73. The highest BCUT2D eigenvalue weighted by molar-refractivity contribution is 5.99. The predicted molar refractivity (Wildman–Crippen MR) is 133 cm³/mol. The Morgan fingerprint density at radius 1 is 1.06 bits per heavy atom. The maximum absolute atomic E-state index is 12.2. The Kier molecular flexibility index (Phi) is 5.16. The van der Waals surface area contributed by atoms with Crippen LogP contribution >= 0.6 is 0 Å². The fourth-order valence-corrected chi connectivity index (χ4v) is 4.05. The van der Waals surface area contributed by atoms with Gasteiger partial charge in [-0.05, 0) is 55.3 Å². The largest absolute Gasteiger partial charge is 0.480 e. The van der Waals surface area contributed by atoms with Crippen LogP contribution in [0.5, 0.6) is 5.88 Å². The van der Waals surface area contributed by atoms with Crippen molar-refractivity contribution in [2.45, 2.75) is 13.8 Å². The van der Waals surface area contributed by atoms with E-state index in [2.05, 4.69) is 30.2 Å². The van der Waals surface area contributed by atoms with E-state index in [9.17, 15) is 4.79 Å². The predicted octanol–water partition coefficient (Wildman–Crippen LogP) is 4.57. The number of aryl methyl sites for hydroxylation is 2. The van der Waals surface area contributed by atoms with Crippen molar-refractivity contribution >= 4 is 39.6 Å². The molecule has 0 aliphatic heterocycles.